The molecule has 130 valence electrons. The van der Waals surface area contributed by atoms with E-state index in [-0.39, 0.29) is 11.2 Å². The Labute approximate surface area is 147 Å². The molecule has 0 aliphatic heterocycles. The van der Waals surface area contributed by atoms with Gasteiger partial charge in [-0.2, -0.15) is 0 Å². The average molecular weight is 348 g/mol. The average Bonchev–Trinajstić information content (AvgIpc) is 3.05. The van der Waals surface area contributed by atoms with E-state index in [1.165, 1.54) is 11.8 Å². The first kappa shape index (κ1) is 18.5. The van der Waals surface area contributed by atoms with Crippen molar-refractivity contribution >= 4 is 17.7 Å². The van der Waals surface area contributed by atoms with Gasteiger partial charge in [0.1, 0.15) is 6.33 Å². The van der Waals surface area contributed by atoms with Crippen LogP contribution in [0.5, 0.6) is 0 Å². The smallest absolute Gasteiger partial charge is 0.236 e. The minimum absolute atomic E-state index is 0.104. The van der Waals surface area contributed by atoms with Crippen molar-refractivity contribution in [3.8, 4) is 0 Å². The third-order valence-corrected chi connectivity index (χ3v) is 4.74. The largest absolute Gasteiger partial charge is 0.383 e. The molecule has 1 amide bonds. The summed E-state index contributed by atoms with van der Waals surface area (Å²) in [6.07, 6.45) is 1.67. The van der Waals surface area contributed by atoms with Crippen LogP contribution in [0.25, 0.3) is 0 Å². The highest BCUT2D eigenvalue weighted by molar-refractivity contribution is 8.00. The maximum absolute atomic E-state index is 12.8. The highest BCUT2D eigenvalue weighted by Gasteiger charge is 2.22. The monoisotopic (exact) mass is 348 g/mol. The number of carbonyl (C=O) groups is 1. The molecule has 0 bridgehead atoms. The molecule has 0 aliphatic carbocycles. The van der Waals surface area contributed by atoms with Crippen molar-refractivity contribution in [2.24, 2.45) is 0 Å². The summed E-state index contributed by atoms with van der Waals surface area (Å²) < 4.78 is 6.99. The Hall–Kier alpha value is -1.86. The Morgan fingerprint density at radius 2 is 2.12 bits per heavy atom. The quantitative estimate of drug-likeness (QED) is 0.652. The van der Waals surface area contributed by atoms with E-state index in [0.717, 1.165) is 10.7 Å². The van der Waals surface area contributed by atoms with Gasteiger partial charge in [0.25, 0.3) is 0 Å². The summed E-state index contributed by atoms with van der Waals surface area (Å²) in [7, 11) is 1.66. The van der Waals surface area contributed by atoms with E-state index in [9.17, 15) is 4.79 Å². The highest BCUT2D eigenvalue weighted by Crippen LogP contribution is 2.23. The van der Waals surface area contributed by atoms with Gasteiger partial charge in [-0.15, -0.1) is 10.2 Å². The highest BCUT2D eigenvalue weighted by atomic mass is 32.2. The first-order valence-corrected chi connectivity index (χ1v) is 8.89. The minimum Gasteiger partial charge on any atom is -0.383 e. The third kappa shape index (κ3) is 5.07. The summed E-state index contributed by atoms with van der Waals surface area (Å²) in [5, 5.41) is 8.56. The molecule has 2 rings (SSSR count). The fraction of sp³-hybridized carbons (Fsp3) is 0.471. The molecular formula is C17H24N4O2S. The van der Waals surface area contributed by atoms with Crippen molar-refractivity contribution in [3.63, 3.8) is 0 Å². The second kappa shape index (κ2) is 9.44. The predicted molar refractivity (Wildman–Crippen MR) is 94.8 cm³/mol. The number of rotatable bonds is 9. The SMILES string of the molecule is CCN(Cc1ccccc1)C(=O)C(C)Sc1nncn1CCOC. The lowest BCUT2D eigenvalue weighted by atomic mass is 10.2. The fourth-order valence-corrected chi connectivity index (χ4v) is 3.23. The zero-order valence-electron chi connectivity index (χ0n) is 14.4. The number of methoxy groups -OCH3 is 1. The maximum atomic E-state index is 12.8. The van der Waals surface area contributed by atoms with Crippen LogP contribution in [-0.2, 0) is 22.6 Å². The summed E-state index contributed by atoms with van der Waals surface area (Å²) >= 11 is 1.43. The number of amides is 1. The first-order valence-electron chi connectivity index (χ1n) is 8.01. The molecule has 0 aliphatic rings. The molecule has 0 N–H and O–H groups in total. The number of nitrogens with zero attached hydrogens (tertiary/aromatic N) is 4. The molecule has 0 saturated carbocycles. The Morgan fingerprint density at radius 3 is 2.79 bits per heavy atom. The topological polar surface area (TPSA) is 60.2 Å². The number of benzene rings is 1. The van der Waals surface area contributed by atoms with E-state index >= 15 is 0 Å². The lowest BCUT2D eigenvalue weighted by Gasteiger charge is -2.24. The number of hydrogen-bond donors (Lipinski definition) is 0. The molecule has 6 nitrogen and oxygen atoms in total. The molecule has 7 heteroatoms. The Morgan fingerprint density at radius 1 is 1.38 bits per heavy atom. The van der Waals surface area contributed by atoms with Crippen LogP contribution in [0.2, 0.25) is 0 Å². The molecule has 2 aromatic rings. The van der Waals surface area contributed by atoms with Crippen LogP contribution >= 0.6 is 11.8 Å². The molecule has 0 saturated heterocycles. The zero-order chi connectivity index (χ0) is 17.4. The van der Waals surface area contributed by atoms with Gasteiger partial charge in [0.15, 0.2) is 5.16 Å². The van der Waals surface area contributed by atoms with Crippen molar-refractivity contribution in [2.45, 2.75) is 37.3 Å². The first-order chi connectivity index (χ1) is 11.7. The number of carbonyl (C=O) groups excluding carboxylic acids is 1. The van der Waals surface area contributed by atoms with Crippen molar-refractivity contribution < 1.29 is 9.53 Å². The van der Waals surface area contributed by atoms with Crippen LogP contribution in [0.3, 0.4) is 0 Å². The lowest BCUT2D eigenvalue weighted by molar-refractivity contribution is -0.130. The predicted octanol–water partition coefficient (Wildman–Crippen LogP) is 2.45. The van der Waals surface area contributed by atoms with Crippen molar-refractivity contribution in [2.75, 3.05) is 20.3 Å². The Balaban J connectivity index is 1.98. The zero-order valence-corrected chi connectivity index (χ0v) is 15.2. The summed E-state index contributed by atoms with van der Waals surface area (Å²) in [5.41, 5.74) is 1.13. The van der Waals surface area contributed by atoms with Crippen LogP contribution < -0.4 is 0 Å². The van der Waals surface area contributed by atoms with Gasteiger partial charge >= 0.3 is 0 Å². The number of thioether (sulfide) groups is 1. The van der Waals surface area contributed by atoms with Gasteiger partial charge < -0.3 is 14.2 Å². The normalized spacial score (nSPS) is 12.1. The number of ether oxygens (including phenoxy) is 1. The molecule has 1 aromatic carbocycles. The molecule has 1 atom stereocenters. The molecule has 24 heavy (non-hydrogen) atoms. The summed E-state index contributed by atoms with van der Waals surface area (Å²) in [6, 6.07) is 10.0. The molecule has 1 unspecified atom stereocenters. The van der Waals surface area contributed by atoms with Crippen LogP contribution in [0.4, 0.5) is 0 Å². The van der Waals surface area contributed by atoms with Crippen molar-refractivity contribution in [1.29, 1.82) is 0 Å². The summed E-state index contributed by atoms with van der Waals surface area (Å²) in [6.45, 7) is 6.47. The number of aromatic nitrogens is 3. The van der Waals surface area contributed by atoms with E-state index < -0.39 is 0 Å². The van der Waals surface area contributed by atoms with Crippen LogP contribution in [0.15, 0.2) is 41.8 Å². The summed E-state index contributed by atoms with van der Waals surface area (Å²) in [5.74, 6) is 0.104. The second-order valence-corrected chi connectivity index (χ2v) is 6.71. The molecule has 1 heterocycles. The standard InChI is InChI=1S/C17H24N4O2S/c1-4-20(12-15-8-6-5-7-9-15)16(22)14(2)24-17-19-18-13-21(17)10-11-23-3/h5-9,13-14H,4,10-12H2,1-3H3. The van der Waals surface area contributed by atoms with Crippen molar-refractivity contribution in [1.82, 2.24) is 19.7 Å². The maximum Gasteiger partial charge on any atom is 0.236 e. The van der Waals surface area contributed by atoms with E-state index in [4.69, 9.17) is 4.74 Å². The Kier molecular flexibility index (Phi) is 7.27. The van der Waals surface area contributed by atoms with Crippen molar-refractivity contribution in [3.05, 3.63) is 42.2 Å². The van der Waals surface area contributed by atoms with Crippen LogP contribution in [0.1, 0.15) is 19.4 Å². The van der Waals surface area contributed by atoms with Gasteiger partial charge in [0.05, 0.1) is 11.9 Å². The molecule has 0 fully saturated rings. The van der Waals surface area contributed by atoms with E-state index in [2.05, 4.69) is 10.2 Å². The Bertz CT molecular complexity index is 633. The molecule has 0 radical (unpaired) electrons. The van der Waals surface area contributed by atoms with E-state index in [1.807, 2.05) is 53.6 Å². The van der Waals surface area contributed by atoms with Gasteiger partial charge in [-0.1, -0.05) is 42.1 Å². The molecule has 1 aromatic heterocycles. The van der Waals surface area contributed by atoms with Gasteiger partial charge in [-0.25, -0.2) is 0 Å². The van der Waals surface area contributed by atoms with E-state index in [0.29, 0.717) is 26.2 Å². The lowest BCUT2D eigenvalue weighted by Crippen LogP contribution is -2.36. The second-order valence-electron chi connectivity index (χ2n) is 5.40. The fourth-order valence-electron chi connectivity index (χ4n) is 2.29. The van der Waals surface area contributed by atoms with Gasteiger partial charge in [0, 0.05) is 26.7 Å². The van der Waals surface area contributed by atoms with Gasteiger partial charge in [-0.3, -0.25) is 4.79 Å². The van der Waals surface area contributed by atoms with E-state index in [1.54, 1.807) is 13.4 Å². The molecular weight excluding hydrogens is 324 g/mol. The van der Waals surface area contributed by atoms with Gasteiger partial charge in [0.2, 0.25) is 5.91 Å². The van der Waals surface area contributed by atoms with Crippen LogP contribution in [0, 0.1) is 0 Å². The summed E-state index contributed by atoms with van der Waals surface area (Å²) in [4.78, 5) is 14.6. The van der Waals surface area contributed by atoms with Gasteiger partial charge in [-0.05, 0) is 19.4 Å². The number of hydrogen-bond acceptors (Lipinski definition) is 5. The minimum atomic E-state index is -0.223. The van der Waals surface area contributed by atoms with Crippen LogP contribution in [-0.4, -0.2) is 51.1 Å². The molecule has 0 spiro atoms. The third-order valence-electron chi connectivity index (χ3n) is 3.66.